The minimum absolute atomic E-state index is 0.196. The van der Waals surface area contributed by atoms with Crippen LogP contribution >= 0.6 is 0 Å². The maximum absolute atomic E-state index is 5.83. The van der Waals surface area contributed by atoms with Crippen LogP contribution in [0.4, 0.5) is 0 Å². The lowest BCUT2D eigenvalue weighted by Gasteiger charge is -2.44. The molecular weight excluding hydrogens is 218 g/mol. The zero-order chi connectivity index (χ0) is 12.5. The van der Waals surface area contributed by atoms with Crippen LogP contribution in [0.15, 0.2) is 0 Å². The van der Waals surface area contributed by atoms with Gasteiger partial charge in [-0.15, -0.1) is 0 Å². The summed E-state index contributed by atoms with van der Waals surface area (Å²) >= 11 is 0. The SMILES string of the molecule is CCCCOC1CC(NCC)C1OCCOC. The Hall–Kier alpha value is -0.160. The van der Waals surface area contributed by atoms with Crippen molar-refractivity contribution in [2.45, 2.75) is 51.4 Å². The van der Waals surface area contributed by atoms with E-state index in [4.69, 9.17) is 14.2 Å². The van der Waals surface area contributed by atoms with E-state index in [1.807, 2.05) is 0 Å². The average Bonchev–Trinajstić information content (AvgIpc) is 2.32. The number of hydrogen-bond acceptors (Lipinski definition) is 4. The first-order chi connectivity index (χ1) is 8.33. The zero-order valence-corrected chi connectivity index (χ0v) is 11.4. The largest absolute Gasteiger partial charge is 0.382 e. The molecule has 3 unspecified atom stereocenters. The molecule has 1 rings (SSSR count). The van der Waals surface area contributed by atoms with Crippen LogP contribution in [-0.2, 0) is 14.2 Å². The van der Waals surface area contributed by atoms with Crippen molar-refractivity contribution in [2.24, 2.45) is 0 Å². The molecule has 0 aromatic carbocycles. The van der Waals surface area contributed by atoms with E-state index in [1.54, 1.807) is 7.11 Å². The van der Waals surface area contributed by atoms with Crippen LogP contribution < -0.4 is 5.32 Å². The van der Waals surface area contributed by atoms with Crippen LogP contribution in [0.5, 0.6) is 0 Å². The fourth-order valence-electron chi connectivity index (χ4n) is 2.08. The fraction of sp³-hybridized carbons (Fsp3) is 1.00. The molecule has 3 atom stereocenters. The first-order valence-electron chi connectivity index (χ1n) is 6.79. The van der Waals surface area contributed by atoms with Gasteiger partial charge < -0.3 is 19.5 Å². The summed E-state index contributed by atoms with van der Waals surface area (Å²) in [5, 5.41) is 3.43. The highest BCUT2D eigenvalue weighted by Crippen LogP contribution is 2.27. The van der Waals surface area contributed by atoms with Gasteiger partial charge in [0, 0.05) is 19.8 Å². The minimum atomic E-state index is 0.196. The van der Waals surface area contributed by atoms with Gasteiger partial charge in [-0.3, -0.25) is 0 Å². The molecule has 0 amide bonds. The minimum Gasteiger partial charge on any atom is -0.382 e. The third-order valence-electron chi connectivity index (χ3n) is 3.14. The monoisotopic (exact) mass is 245 g/mol. The van der Waals surface area contributed by atoms with Crippen molar-refractivity contribution >= 4 is 0 Å². The van der Waals surface area contributed by atoms with Crippen molar-refractivity contribution in [1.82, 2.24) is 5.32 Å². The van der Waals surface area contributed by atoms with Crippen molar-refractivity contribution in [1.29, 1.82) is 0 Å². The van der Waals surface area contributed by atoms with E-state index in [-0.39, 0.29) is 12.2 Å². The summed E-state index contributed by atoms with van der Waals surface area (Å²) in [5.41, 5.74) is 0. The van der Waals surface area contributed by atoms with Crippen LogP contribution in [0.25, 0.3) is 0 Å². The second-order valence-corrected chi connectivity index (χ2v) is 4.49. The number of likely N-dealkylation sites (N-methyl/N-ethyl adjacent to an activating group) is 1. The van der Waals surface area contributed by atoms with Gasteiger partial charge in [0.25, 0.3) is 0 Å². The van der Waals surface area contributed by atoms with Crippen molar-refractivity contribution in [2.75, 3.05) is 33.5 Å². The second-order valence-electron chi connectivity index (χ2n) is 4.49. The third-order valence-corrected chi connectivity index (χ3v) is 3.14. The van der Waals surface area contributed by atoms with E-state index < -0.39 is 0 Å². The van der Waals surface area contributed by atoms with Gasteiger partial charge in [-0.2, -0.15) is 0 Å². The summed E-state index contributed by atoms with van der Waals surface area (Å²) in [6, 6.07) is 0.448. The molecule has 0 bridgehead atoms. The van der Waals surface area contributed by atoms with Crippen molar-refractivity contribution in [3.05, 3.63) is 0 Å². The summed E-state index contributed by atoms with van der Waals surface area (Å²) < 4.78 is 16.7. The number of hydrogen-bond donors (Lipinski definition) is 1. The maximum Gasteiger partial charge on any atom is 0.0991 e. The Bertz CT molecular complexity index is 188. The van der Waals surface area contributed by atoms with Crippen molar-refractivity contribution < 1.29 is 14.2 Å². The summed E-state index contributed by atoms with van der Waals surface area (Å²) in [6.07, 6.45) is 3.84. The Morgan fingerprint density at radius 1 is 1.12 bits per heavy atom. The Balaban J connectivity index is 2.22. The van der Waals surface area contributed by atoms with E-state index in [0.717, 1.165) is 26.0 Å². The molecular formula is C13H27NO3. The molecule has 102 valence electrons. The van der Waals surface area contributed by atoms with Crippen molar-refractivity contribution in [3.8, 4) is 0 Å². The third kappa shape index (κ3) is 4.92. The van der Waals surface area contributed by atoms with Crippen LogP contribution in [-0.4, -0.2) is 51.7 Å². The van der Waals surface area contributed by atoms with Gasteiger partial charge in [0.2, 0.25) is 0 Å². The highest BCUT2D eigenvalue weighted by Gasteiger charge is 2.42. The fourth-order valence-corrected chi connectivity index (χ4v) is 2.08. The lowest BCUT2D eigenvalue weighted by molar-refractivity contribution is -0.152. The highest BCUT2D eigenvalue weighted by atomic mass is 16.6. The summed E-state index contributed by atoms with van der Waals surface area (Å²) in [6.45, 7) is 7.43. The number of methoxy groups -OCH3 is 1. The number of rotatable bonds is 10. The summed E-state index contributed by atoms with van der Waals surface area (Å²) in [5.74, 6) is 0. The predicted octanol–water partition coefficient (Wildman–Crippen LogP) is 1.59. The van der Waals surface area contributed by atoms with E-state index in [2.05, 4.69) is 19.2 Å². The Morgan fingerprint density at radius 3 is 2.59 bits per heavy atom. The molecule has 1 aliphatic rings. The Labute approximate surface area is 105 Å². The summed E-state index contributed by atoms with van der Waals surface area (Å²) in [7, 11) is 1.70. The van der Waals surface area contributed by atoms with Crippen LogP contribution in [0, 0.1) is 0 Å². The molecule has 0 radical (unpaired) electrons. The molecule has 1 saturated carbocycles. The van der Waals surface area contributed by atoms with Gasteiger partial charge in [0.1, 0.15) is 0 Å². The first kappa shape index (κ1) is 14.9. The molecule has 0 aliphatic heterocycles. The maximum atomic E-state index is 5.83. The molecule has 0 aromatic rings. The van der Waals surface area contributed by atoms with Gasteiger partial charge >= 0.3 is 0 Å². The predicted molar refractivity (Wildman–Crippen MR) is 68.3 cm³/mol. The van der Waals surface area contributed by atoms with Crippen LogP contribution in [0.2, 0.25) is 0 Å². The molecule has 0 spiro atoms. The molecule has 0 aromatic heterocycles. The van der Waals surface area contributed by atoms with Crippen LogP contribution in [0.3, 0.4) is 0 Å². The topological polar surface area (TPSA) is 39.7 Å². The van der Waals surface area contributed by atoms with E-state index in [0.29, 0.717) is 19.3 Å². The van der Waals surface area contributed by atoms with Gasteiger partial charge in [0.05, 0.1) is 25.4 Å². The lowest BCUT2D eigenvalue weighted by atomic mass is 9.85. The Kier molecular flexibility index (Phi) is 7.77. The highest BCUT2D eigenvalue weighted by molar-refractivity contribution is 4.97. The molecule has 4 nitrogen and oxygen atoms in total. The second kappa shape index (κ2) is 8.86. The van der Waals surface area contributed by atoms with Gasteiger partial charge in [-0.1, -0.05) is 20.3 Å². The molecule has 17 heavy (non-hydrogen) atoms. The first-order valence-corrected chi connectivity index (χ1v) is 6.79. The average molecular weight is 245 g/mol. The van der Waals surface area contributed by atoms with Gasteiger partial charge in [-0.25, -0.2) is 0 Å². The molecule has 0 saturated heterocycles. The van der Waals surface area contributed by atoms with E-state index in [9.17, 15) is 0 Å². The van der Waals surface area contributed by atoms with E-state index in [1.165, 1.54) is 6.42 Å². The molecule has 1 fully saturated rings. The zero-order valence-electron chi connectivity index (χ0n) is 11.4. The normalized spacial score (nSPS) is 28.1. The number of unbranched alkanes of at least 4 members (excludes halogenated alkanes) is 1. The van der Waals surface area contributed by atoms with E-state index >= 15 is 0 Å². The van der Waals surface area contributed by atoms with Crippen molar-refractivity contribution in [3.63, 3.8) is 0 Å². The number of nitrogens with one attached hydrogen (secondary N) is 1. The standard InChI is InChI=1S/C13H27NO3/c1-4-6-7-16-12-10-11(14-5-2)13(12)17-9-8-15-3/h11-14H,4-10H2,1-3H3. The molecule has 1 aliphatic carbocycles. The quantitative estimate of drug-likeness (QED) is 0.593. The van der Waals surface area contributed by atoms with Crippen LogP contribution in [0.1, 0.15) is 33.1 Å². The molecule has 1 N–H and O–H groups in total. The number of ether oxygens (including phenoxy) is 3. The Morgan fingerprint density at radius 2 is 1.94 bits per heavy atom. The smallest absolute Gasteiger partial charge is 0.0991 e. The van der Waals surface area contributed by atoms with Gasteiger partial charge in [0.15, 0.2) is 0 Å². The summed E-state index contributed by atoms with van der Waals surface area (Å²) in [4.78, 5) is 0. The molecule has 0 heterocycles. The van der Waals surface area contributed by atoms with Gasteiger partial charge in [-0.05, 0) is 19.4 Å². The lowest BCUT2D eigenvalue weighted by Crippen LogP contribution is -2.60. The molecule has 4 heteroatoms.